The molecule has 0 spiro atoms. The fourth-order valence-corrected chi connectivity index (χ4v) is 5.31. The van der Waals surface area contributed by atoms with E-state index in [0.717, 1.165) is 22.2 Å². The first-order valence-corrected chi connectivity index (χ1v) is 14.4. The Morgan fingerprint density at radius 3 is 2.47 bits per heavy atom. The van der Waals surface area contributed by atoms with E-state index in [2.05, 4.69) is 31.2 Å². The average Bonchev–Trinajstić information content (AvgIpc) is 3.12. The summed E-state index contributed by atoms with van der Waals surface area (Å²) in [4.78, 5) is 49.7. The van der Waals surface area contributed by atoms with Crippen LogP contribution in [0.1, 0.15) is 27.1 Å². The lowest BCUT2D eigenvalue weighted by Crippen LogP contribution is -2.48. The van der Waals surface area contributed by atoms with Gasteiger partial charge in [0, 0.05) is 22.0 Å². The SMILES string of the molecule is CS(=O)(=O)CC[C@@H](C(=O)Nc1cccc(-c2cnc3ccccc3n2)c1)N1C(=O)c2ccc(Br)cc2C1=O. The number of anilines is 1. The minimum atomic E-state index is -3.48. The average molecular weight is 593 g/mol. The number of aromatic nitrogens is 2. The number of rotatable bonds is 7. The highest BCUT2D eigenvalue weighted by atomic mass is 79.9. The van der Waals surface area contributed by atoms with Gasteiger partial charge in [0.05, 0.1) is 39.8 Å². The normalized spacial score (nSPS) is 14.0. The lowest BCUT2D eigenvalue weighted by Gasteiger charge is -2.25. The number of hydrogen-bond donors (Lipinski definition) is 1. The number of sulfone groups is 1. The van der Waals surface area contributed by atoms with Crippen molar-refractivity contribution >= 4 is 60.2 Å². The quantitative estimate of drug-likeness (QED) is 0.320. The van der Waals surface area contributed by atoms with Crippen molar-refractivity contribution in [2.75, 3.05) is 17.3 Å². The summed E-state index contributed by atoms with van der Waals surface area (Å²) in [5.41, 5.74) is 3.47. The number of para-hydroxylation sites is 2. The maximum absolute atomic E-state index is 13.5. The van der Waals surface area contributed by atoms with Crippen LogP contribution in [-0.2, 0) is 14.6 Å². The molecule has 0 unspecified atom stereocenters. The fourth-order valence-electron chi connectivity index (χ4n) is 4.30. The number of benzene rings is 3. The predicted molar refractivity (Wildman–Crippen MR) is 146 cm³/mol. The van der Waals surface area contributed by atoms with Crippen LogP contribution < -0.4 is 5.32 Å². The number of nitrogens with one attached hydrogen (secondary N) is 1. The lowest BCUT2D eigenvalue weighted by molar-refractivity contribution is -0.120. The largest absolute Gasteiger partial charge is 0.324 e. The zero-order chi connectivity index (χ0) is 27.0. The molecule has 0 saturated carbocycles. The van der Waals surface area contributed by atoms with Gasteiger partial charge in [-0.25, -0.2) is 13.4 Å². The highest BCUT2D eigenvalue weighted by Crippen LogP contribution is 2.29. The molecule has 5 rings (SSSR count). The Kier molecular flexibility index (Phi) is 6.80. The summed E-state index contributed by atoms with van der Waals surface area (Å²) in [6.45, 7) is 0. The van der Waals surface area contributed by atoms with Crippen molar-refractivity contribution in [1.82, 2.24) is 14.9 Å². The van der Waals surface area contributed by atoms with E-state index in [1.807, 2.05) is 30.3 Å². The van der Waals surface area contributed by atoms with E-state index in [-0.39, 0.29) is 23.3 Å². The van der Waals surface area contributed by atoms with Crippen LogP contribution in [0.15, 0.2) is 77.4 Å². The number of carbonyl (C=O) groups is 3. The molecule has 1 atom stereocenters. The third-order valence-corrected chi connectivity index (χ3v) is 7.60. The minimum Gasteiger partial charge on any atom is -0.324 e. The predicted octanol–water partition coefficient (Wildman–Crippen LogP) is 4.10. The molecule has 2 heterocycles. The summed E-state index contributed by atoms with van der Waals surface area (Å²) in [5, 5.41) is 2.74. The summed E-state index contributed by atoms with van der Waals surface area (Å²) >= 11 is 3.29. The van der Waals surface area contributed by atoms with Crippen LogP contribution >= 0.6 is 15.9 Å². The minimum absolute atomic E-state index is 0.151. The van der Waals surface area contributed by atoms with Gasteiger partial charge in [-0.15, -0.1) is 0 Å². The zero-order valence-electron chi connectivity index (χ0n) is 20.1. The van der Waals surface area contributed by atoms with Crippen molar-refractivity contribution in [3.63, 3.8) is 0 Å². The summed E-state index contributed by atoms with van der Waals surface area (Å²) in [5.74, 6) is -2.36. The van der Waals surface area contributed by atoms with Gasteiger partial charge in [0.25, 0.3) is 11.8 Å². The second kappa shape index (κ2) is 10.1. The van der Waals surface area contributed by atoms with E-state index in [4.69, 9.17) is 0 Å². The molecule has 0 fully saturated rings. The number of fused-ring (bicyclic) bond motifs is 2. The van der Waals surface area contributed by atoms with Gasteiger partial charge < -0.3 is 5.32 Å². The molecule has 1 N–H and O–H groups in total. The Hall–Kier alpha value is -3.96. The van der Waals surface area contributed by atoms with E-state index in [9.17, 15) is 22.8 Å². The molecule has 3 aromatic carbocycles. The maximum atomic E-state index is 13.5. The molecule has 1 aliphatic heterocycles. The molecule has 11 heteroatoms. The topological polar surface area (TPSA) is 126 Å². The van der Waals surface area contributed by atoms with Crippen molar-refractivity contribution in [2.45, 2.75) is 12.5 Å². The number of amides is 3. The van der Waals surface area contributed by atoms with Gasteiger partial charge in [-0.1, -0.05) is 40.2 Å². The van der Waals surface area contributed by atoms with Gasteiger partial charge in [-0.05, 0) is 48.9 Å². The molecule has 4 aromatic rings. The van der Waals surface area contributed by atoms with Gasteiger partial charge in [0.2, 0.25) is 5.91 Å². The molecule has 0 aliphatic carbocycles. The van der Waals surface area contributed by atoms with Crippen LogP contribution in [0.3, 0.4) is 0 Å². The Morgan fingerprint density at radius 1 is 0.974 bits per heavy atom. The Morgan fingerprint density at radius 2 is 1.71 bits per heavy atom. The highest BCUT2D eigenvalue weighted by Gasteiger charge is 2.43. The van der Waals surface area contributed by atoms with Crippen molar-refractivity contribution < 1.29 is 22.8 Å². The number of hydrogen-bond acceptors (Lipinski definition) is 7. The molecule has 3 amide bonds. The standard InChI is InChI=1S/C27H21BrN4O5S/c1-38(36,37)12-11-24(32-26(34)19-10-9-17(28)14-20(19)27(32)35)25(33)30-18-6-4-5-16(13-18)23-15-29-21-7-2-3-8-22(21)31-23/h2-10,13-15,24H,11-12H2,1H3,(H,30,33)/t24-/m0/s1. The Labute approximate surface area is 227 Å². The zero-order valence-corrected chi connectivity index (χ0v) is 22.5. The summed E-state index contributed by atoms with van der Waals surface area (Å²) in [6, 6.07) is 17.7. The molecule has 9 nitrogen and oxygen atoms in total. The van der Waals surface area contributed by atoms with Crippen LogP contribution in [0.25, 0.3) is 22.3 Å². The molecule has 0 radical (unpaired) electrons. The van der Waals surface area contributed by atoms with Gasteiger partial charge in [0.1, 0.15) is 15.9 Å². The number of nitrogens with zero attached hydrogens (tertiary/aromatic N) is 3. The molecule has 38 heavy (non-hydrogen) atoms. The number of imide groups is 1. The summed E-state index contributed by atoms with van der Waals surface area (Å²) in [6.07, 6.45) is 2.43. The second-order valence-electron chi connectivity index (χ2n) is 8.92. The van der Waals surface area contributed by atoms with Crippen LogP contribution in [0.2, 0.25) is 0 Å². The summed E-state index contributed by atoms with van der Waals surface area (Å²) in [7, 11) is -3.48. The highest BCUT2D eigenvalue weighted by molar-refractivity contribution is 9.10. The number of halogens is 1. The van der Waals surface area contributed by atoms with Crippen LogP contribution in [0, 0.1) is 0 Å². The van der Waals surface area contributed by atoms with Gasteiger partial charge in [-0.3, -0.25) is 24.3 Å². The van der Waals surface area contributed by atoms with E-state index in [1.54, 1.807) is 30.5 Å². The smallest absolute Gasteiger partial charge is 0.262 e. The first-order valence-electron chi connectivity index (χ1n) is 11.6. The van der Waals surface area contributed by atoms with Crippen LogP contribution in [0.5, 0.6) is 0 Å². The van der Waals surface area contributed by atoms with E-state index in [0.29, 0.717) is 21.4 Å². The van der Waals surface area contributed by atoms with E-state index < -0.39 is 33.6 Å². The van der Waals surface area contributed by atoms with Gasteiger partial charge in [0.15, 0.2) is 0 Å². The molecular formula is C27H21BrN4O5S. The third-order valence-electron chi connectivity index (χ3n) is 6.13. The van der Waals surface area contributed by atoms with Crippen molar-refractivity contribution in [2.24, 2.45) is 0 Å². The Balaban J connectivity index is 1.44. The van der Waals surface area contributed by atoms with Crippen molar-refractivity contribution in [3.05, 3.63) is 88.5 Å². The Bertz CT molecular complexity index is 1720. The first kappa shape index (κ1) is 25.7. The summed E-state index contributed by atoms with van der Waals surface area (Å²) < 4.78 is 24.4. The number of carbonyl (C=O) groups excluding carboxylic acids is 3. The van der Waals surface area contributed by atoms with Crippen molar-refractivity contribution in [3.8, 4) is 11.3 Å². The molecule has 0 saturated heterocycles. The second-order valence-corrected chi connectivity index (χ2v) is 12.1. The van der Waals surface area contributed by atoms with Crippen LogP contribution in [-0.4, -0.2) is 59.1 Å². The molecule has 1 aromatic heterocycles. The lowest BCUT2D eigenvalue weighted by atomic mass is 10.1. The molecule has 1 aliphatic rings. The monoisotopic (exact) mass is 592 g/mol. The van der Waals surface area contributed by atoms with Crippen LogP contribution in [0.4, 0.5) is 5.69 Å². The van der Waals surface area contributed by atoms with Gasteiger partial charge in [-0.2, -0.15) is 0 Å². The fraction of sp³-hybridized carbons (Fsp3) is 0.148. The molecular weight excluding hydrogens is 572 g/mol. The third kappa shape index (κ3) is 5.20. The first-order chi connectivity index (χ1) is 18.1. The van der Waals surface area contributed by atoms with Gasteiger partial charge >= 0.3 is 0 Å². The molecule has 192 valence electrons. The maximum Gasteiger partial charge on any atom is 0.262 e. The van der Waals surface area contributed by atoms with E-state index >= 15 is 0 Å². The van der Waals surface area contributed by atoms with E-state index in [1.165, 1.54) is 12.1 Å². The van der Waals surface area contributed by atoms with Crippen molar-refractivity contribution in [1.29, 1.82) is 0 Å². The molecule has 0 bridgehead atoms.